The Balaban J connectivity index is 0. The summed E-state index contributed by atoms with van der Waals surface area (Å²) in [5.74, 6) is 0. The second-order valence-electron chi connectivity index (χ2n) is 3.63. The predicted octanol–water partition coefficient (Wildman–Crippen LogP) is -3.37. The summed E-state index contributed by atoms with van der Waals surface area (Å²) in [6, 6.07) is 0.918. The fourth-order valence-electron chi connectivity index (χ4n) is 0.784. The van der Waals surface area contributed by atoms with Crippen molar-refractivity contribution >= 4 is 14.1 Å². The number of hydrogen-bond acceptors (Lipinski definition) is 7. The number of halogens is 1. The second-order valence-corrected chi connectivity index (χ2v) is 4.66. The van der Waals surface area contributed by atoms with Crippen LogP contribution in [0.25, 0.3) is 0 Å². The van der Waals surface area contributed by atoms with Crippen LogP contribution in [0, 0.1) is 0 Å². The zero-order valence-corrected chi connectivity index (χ0v) is 12.3. The molecule has 2 unspecified atom stereocenters. The van der Waals surface area contributed by atoms with Crippen molar-refractivity contribution in [2.45, 2.75) is 18.6 Å². The van der Waals surface area contributed by atoms with Gasteiger partial charge in [0.15, 0.2) is 0 Å². The maximum Gasteiger partial charge on any atom is 0.466 e. The third-order valence-electron chi connectivity index (χ3n) is 1.77. The van der Waals surface area contributed by atoms with Crippen molar-refractivity contribution in [3.05, 3.63) is 33.1 Å². The summed E-state index contributed by atoms with van der Waals surface area (Å²) >= 11 is 0. The lowest BCUT2D eigenvalue weighted by atomic mass is 10.2. The van der Waals surface area contributed by atoms with E-state index in [1.54, 1.807) is 0 Å². The van der Waals surface area contributed by atoms with Crippen molar-refractivity contribution in [1.29, 1.82) is 0 Å². The van der Waals surface area contributed by atoms with E-state index in [4.69, 9.17) is 34.6 Å². The molecule has 0 aliphatic rings. The predicted molar refractivity (Wildman–Crippen MR) is 71.9 cm³/mol. The van der Waals surface area contributed by atoms with Gasteiger partial charge >= 0.3 is 13.5 Å². The van der Waals surface area contributed by atoms with Crippen LogP contribution in [0.3, 0.4) is 0 Å². The van der Waals surface area contributed by atoms with Crippen LogP contribution >= 0.6 is 7.82 Å². The molecule has 0 amide bonds. The Labute approximate surface area is 127 Å². The van der Waals surface area contributed by atoms with E-state index in [2.05, 4.69) is 0 Å². The Bertz CT molecular complexity index is 574. The number of carbonyl (C=O) groups is 1. The van der Waals surface area contributed by atoms with Gasteiger partial charge in [0.1, 0.15) is 12.4 Å². The van der Waals surface area contributed by atoms with Crippen molar-refractivity contribution in [3.63, 3.8) is 0 Å². The molecule has 0 aliphatic heterocycles. The molecular weight excluding hydrogens is 346 g/mol. The molecule has 0 spiro atoms. The van der Waals surface area contributed by atoms with E-state index >= 15 is 0 Å². The van der Waals surface area contributed by atoms with Crippen LogP contribution in [0.2, 0.25) is 0 Å². The Morgan fingerprint density at radius 2 is 1.74 bits per heavy atom. The number of aliphatic hydroxyl groups is 3. The fourth-order valence-corrected chi connectivity index (χ4v) is 0.784. The van der Waals surface area contributed by atoms with E-state index in [1.165, 1.54) is 0 Å². The lowest BCUT2D eigenvalue weighted by Crippen LogP contribution is -2.29. The molecule has 12 nitrogen and oxygen atoms in total. The molecule has 1 aromatic heterocycles. The first kappa shape index (κ1) is 23.5. The number of rotatable bonds is 4. The van der Waals surface area contributed by atoms with Gasteiger partial charge in [0.25, 0.3) is 5.56 Å². The minimum absolute atomic E-state index is 0.137. The number of aromatic amines is 1. The standard InChI is InChI=1S/C5H10O4.C4H3FN2O2.H3O4P/c6-2-1-4(8)5(9)3-7;5-7-3(8)1-2-6-4(7)9;1-5(2,3)4/h2,4-5,7-9H,1,3H2;1-2H,(H,6,9);(H3,1,2,3,4). The largest absolute Gasteiger partial charge is 0.466 e. The van der Waals surface area contributed by atoms with E-state index in [-0.39, 0.29) is 6.42 Å². The van der Waals surface area contributed by atoms with Gasteiger partial charge in [-0.15, -0.1) is 0 Å². The molecule has 1 heterocycles. The molecule has 0 aliphatic carbocycles. The third kappa shape index (κ3) is 15.0. The lowest BCUT2D eigenvalue weighted by Gasteiger charge is -2.11. The third-order valence-corrected chi connectivity index (χ3v) is 1.77. The minimum Gasteiger partial charge on any atom is -0.394 e. The van der Waals surface area contributed by atoms with Gasteiger partial charge in [-0.2, -0.15) is 0 Å². The van der Waals surface area contributed by atoms with Gasteiger partial charge in [-0.1, -0.05) is 9.27 Å². The topological polar surface area (TPSA) is 210 Å². The molecule has 0 fully saturated rings. The van der Waals surface area contributed by atoms with Gasteiger partial charge in [-0.05, 0) is 0 Å². The van der Waals surface area contributed by atoms with E-state index < -0.39 is 42.7 Å². The van der Waals surface area contributed by atoms with Crippen LogP contribution in [0.4, 0.5) is 4.48 Å². The van der Waals surface area contributed by atoms with Crippen molar-refractivity contribution in [3.8, 4) is 0 Å². The number of phosphoric acid groups is 1. The number of nitrogens with one attached hydrogen (secondary N) is 1. The summed E-state index contributed by atoms with van der Waals surface area (Å²) in [7, 11) is -4.64. The Kier molecular flexibility index (Phi) is 12.1. The highest BCUT2D eigenvalue weighted by molar-refractivity contribution is 7.45. The first-order valence-electron chi connectivity index (χ1n) is 5.59. The highest BCUT2D eigenvalue weighted by Crippen LogP contribution is 2.25. The lowest BCUT2D eigenvalue weighted by molar-refractivity contribution is -0.111. The normalized spacial score (nSPS) is 12.8. The number of aldehydes is 1. The monoisotopic (exact) mass is 362 g/mol. The average molecular weight is 362 g/mol. The zero-order chi connectivity index (χ0) is 18.6. The molecule has 0 radical (unpaired) electrons. The van der Waals surface area contributed by atoms with Crippen LogP contribution in [-0.4, -0.2) is 64.9 Å². The number of nitrogens with zero attached hydrogens (tertiary/aromatic N) is 1. The van der Waals surface area contributed by atoms with Crippen LogP contribution in [0.5, 0.6) is 0 Å². The fraction of sp³-hybridized carbons (Fsp3) is 0.444. The first-order valence-corrected chi connectivity index (χ1v) is 7.16. The summed E-state index contributed by atoms with van der Waals surface area (Å²) in [6.45, 7) is -0.519. The summed E-state index contributed by atoms with van der Waals surface area (Å²) in [5, 5.41) is 25.5. The van der Waals surface area contributed by atoms with Crippen molar-refractivity contribution in [2.24, 2.45) is 0 Å². The van der Waals surface area contributed by atoms with Crippen LogP contribution in [0.15, 0.2) is 21.9 Å². The molecule has 0 saturated carbocycles. The van der Waals surface area contributed by atoms with E-state index in [0.717, 1.165) is 12.3 Å². The van der Waals surface area contributed by atoms with Crippen molar-refractivity contribution < 1.29 is 43.8 Å². The summed E-state index contributed by atoms with van der Waals surface area (Å²) in [4.78, 5) is 53.1. The van der Waals surface area contributed by atoms with Gasteiger partial charge in [0.2, 0.25) is 0 Å². The highest BCUT2D eigenvalue weighted by atomic mass is 31.2. The number of aromatic nitrogens is 2. The highest BCUT2D eigenvalue weighted by Gasteiger charge is 2.13. The van der Waals surface area contributed by atoms with Gasteiger partial charge in [0.05, 0.1) is 12.7 Å². The Morgan fingerprint density at radius 1 is 1.26 bits per heavy atom. The molecule has 2 atom stereocenters. The molecule has 7 N–H and O–H groups in total. The maximum atomic E-state index is 12.0. The average Bonchev–Trinajstić information content (AvgIpc) is 2.43. The smallest absolute Gasteiger partial charge is 0.394 e. The number of hydrogen-bond donors (Lipinski definition) is 7. The SMILES string of the molecule is O=CCC(O)C(O)CO.O=P(O)(O)O.O=c1cc[nH]c(=O)n1F. The molecule has 1 aromatic rings. The first-order chi connectivity index (χ1) is 10.4. The van der Waals surface area contributed by atoms with E-state index in [1.807, 2.05) is 4.98 Å². The molecular formula is C9H16FN2O10P. The van der Waals surface area contributed by atoms with Crippen LogP contribution in [0.1, 0.15) is 6.42 Å². The quantitative estimate of drug-likeness (QED) is 0.209. The summed E-state index contributed by atoms with van der Waals surface area (Å²) < 4.78 is 20.9. The Morgan fingerprint density at radius 3 is 2.04 bits per heavy atom. The van der Waals surface area contributed by atoms with Gasteiger partial charge in [-0.3, -0.25) is 4.79 Å². The van der Waals surface area contributed by atoms with E-state index in [0.29, 0.717) is 6.29 Å². The van der Waals surface area contributed by atoms with Crippen molar-refractivity contribution in [1.82, 2.24) is 9.77 Å². The number of carbonyl (C=O) groups excluding carboxylic acids is 1. The minimum atomic E-state index is -4.64. The maximum absolute atomic E-state index is 12.0. The van der Waals surface area contributed by atoms with Gasteiger partial charge in [0, 0.05) is 18.7 Å². The molecule has 0 aromatic carbocycles. The van der Waals surface area contributed by atoms with Gasteiger partial charge in [-0.25, -0.2) is 9.36 Å². The van der Waals surface area contributed by atoms with Crippen molar-refractivity contribution in [2.75, 3.05) is 6.61 Å². The molecule has 134 valence electrons. The van der Waals surface area contributed by atoms with Crippen LogP contribution in [-0.2, 0) is 9.36 Å². The molecule has 1 rings (SSSR count). The summed E-state index contributed by atoms with van der Waals surface area (Å²) in [6.07, 6.45) is -0.894. The number of H-pyrrole nitrogens is 1. The van der Waals surface area contributed by atoms with Gasteiger partial charge < -0.3 is 39.8 Å². The second kappa shape index (κ2) is 11.8. The zero-order valence-electron chi connectivity index (χ0n) is 11.4. The Hall–Kier alpha value is -1.73. The molecule has 23 heavy (non-hydrogen) atoms. The molecule has 14 heteroatoms. The number of aliphatic hydroxyl groups excluding tert-OH is 3. The van der Waals surface area contributed by atoms with E-state index in [9.17, 15) is 18.9 Å². The summed E-state index contributed by atoms with van der Waals surface area (Å²) in [5.41, 5.74) is -2.01. The molecule has 0 saturated heterocycles. The molecule has 0 bridgehead atoms. The van der Waals surface area contributed by atoms with Crippen LogP contribution < -0.4 is 11.2 Å².